The Hall–Kier alpha value is -8.34. The molecule has 9 aromatic carbocycles. The van der Waals surface area contributed by atoms with E-state index in [1.54, 1.807) is 0 Å². The van der Waals surface area contributed by atoms with Crippen LogP contribution in [0.2, 0.25) is 0 Å². The van der Waals surface area contributed by atoms with Crippen LogP contribution in [0, 0.1) is 27.7 Å². The molecule has 0 aliphatic carbocycles. The van der Waals surface area contributed by atoms with Crippen LogP contribution in [-0.4, -0.2) is 19.1 Å². The van der Waals surface area contributed by atoms with E-state index in [1.807, 2.05) is 0 Å². The summed E-state index contributed by atoms with van der Waals surface area (Å²) in [5.41, 5.74) is 21.8. The maximum Gasteiger partial charge on any atom is 0.160 e. The second-order valence-electron chi connectivity index (χ2n) is 17.6. The molecule has 0 aliphatic rings. The molecule has 12 rings (SSSR count). The SMILES string of the molecule is Cc1cc(-c2cc(-c3ccccc3C)nc(-c3ccccc3C)n2)c(C)cc1-c1ccc(-c2ccc(-n3c4ccccc4c4cc(-n5c6ccccc6c6ccccc65)ccc43)cc2)cc1. The molecule has 0 bridgehead atoms. The predicted octanol–water partition coefficient (Wildman–Crippen LogP) is 16.2. The quantitative estimate of drug-likeness (QED) is 0.160. The molecule has 12 aromatic rings. The van der Waals surface area contributed by atoms with Gasteiger partial charge in [0.2, 0.25) is 0 Å². The molecule has 0 unspecified atom stereocenters. The van der Waals surface area contributed by atoms with Crippen molar-refractivity contribution in [1.29, 1.82) is 0 Å². The van der Waals surface area contributed by atoms with Gasteiger partial charge in [-0.25, -0.2) is 9.97 Å². The topological polar surface area (TPSA) is 35.6 Å². The summed E-state index contributed by atoms with van der Waals surface area (Å²) in [4.78, 5) is 10.3. The van der Waals surface area contributed by atoms with Crippen LogP contribution in [0.4, 0.5) is 0 Å². The van der Waals surface area contributed by atoms with E-state index in [2.05, 4.69) is 243 Å². The molecule has 4 heteroatoms. The van der Waals surface area contributed by atoms with Gasteiger partial charge >= 0.3 is 0 Å². The van der Waals surface area contributed by atoms with Gasteiger partial charge in [-0.3, -0.25) is 0 Å². The summed E-state index contributed by atoms with van der Waals surface area (Å²) < 4.78 is 4.80. The lowest BCUT2D eigenvalue weighted by atomic mass is 9.92. The highest BCUT2D eigenvalue weighted by atomic mass is 15.0. The van der Waals surface area contributed by atoms with Crippen LogP contribution in [0.1, 0.15) is 22.3 Å². The summed E-state index contributed by atoms with van der Waals surface area (Å²) in [6.07, 6.45) is 0. The van der Waals surface area contributed by atoms with Gasteiger partial charge in [0.1, 0.15) is 0 Å². The van der Waals surface area contributed by atoms with Crippen molar-refractivity contribution in [3.8, 4) is 67.5 Å². The Morgan fingerprint density at radius 2 is 0.712 bits per heavy atom. The average molecular weight is 847 g/mol. The van der Waals surface area contributed by atoms with Gasteiger partial charge < -0.3 is 9.13 Å². The van der Waals surface area contributed by atoms with Crippen molar-refractivity contribution in [2.24, 2.45) is 0 Å². The van der Waals surface area contributed by atoms with Gasteiger partial charge in [-0.1, -0.05) is 146 Å². The van der Waals surface area contributed by atoms with Gasteiger partial charge in [-0.15, -0.1) is 0 Å². The lowest BCUT2D eigenvalue weighted by Crippen LogP contribution is -1.99. The fraction of sp³-hybridized carbons (Fsp3) is 0.0645. The zero-order valence-corrected chi connectivity index (χ0v) is 37.4. The molecule has 0 N–H and O–H groups in total. The van der Waals surface area contributed by atoms with Gasteiger partial charge in [0.25, 0.3) is 0 Å². The zero-order chi connectivity index (χ0) is 44.5. The maximum absolute atomic E-state index is 5.21. The first kappa shape index (κ1) is 39.3. The number of aryl methyl sites for hydroxylation is 4. The number of fused-ring (bicyclic) bond motifs is 6. The van der Waals surface area contributed by atoms with E-state index in [-0.39, 0.29) is 0 Å². The molecule has 0 fully saturated rings. The summed E-state index contributed by atoms with van der Waals surface area (Å²) in [6, 6.07) is 74.7. The molecule has 314 valence electrons. The Bertz CT molecular complexity index is 3730. The Labute approximate surface area is 384 Å². The average Bonchev–Trinajstić information content (AvgIpc) is 3.87. The maximum atomic E-state index is 5.21. The number of para-hydroxylation sites is 3. The third-order valence-corrected chi connectivity index (χ3v) is 13.5. The van der Waals surface area contributed by atoms with E-state index in [9.17, 15) is 0 Å². The van der Waals surface area contributed by atoms with Crippen LogP contribution < -0.4 is 0 Å². The first-order valence-corrected chi connectivity index (χ1v) is 22.7. The minimum atomic E-state index is 0.744. The van der Waals surface area contributed by atoms with Gasteiger partial charge in [-0.05, 0) is 133 Å². The molecular formula is C62H46N4. The van der Waals surface area contributed by atoms with E-state index in [1.165, 1.54) is 82.6 Å². The number of aromatic nitrogens is 4. The van der Waals surface area contributed by atoms with Crippen molar-refractivity contribution in [2.75, 3.05) is 0 Å². The van der Waals surface area contributed by atoms with E-state index in [0.717, 1.165) is 50.8 Å². The Morgan fingerprint density at radius 3 is 1.32 bits per heavy atom. The van der Waals surface area contributed by atoms with Crippen molar-refractivity contribution >= 4 is 43.6 Å². The molecule has 0 radical (unpaired) electrons. The van der Waals surface area contributed by atoms with Crippen molar-refractivity contribution in [1.82, 2.24) is 19.1 Å². The molecule has 0 saturated heterocycles. The van der Waals surface area contributed by atoms with Crippen molar-refractivity contribution in [3.63, 3.8) is 0 Å². The molecule has 0 aliphatic heterocycles. The molecule has 0 spiro atoms. The second kappa shape index (κ2) is 15.7. The summed E-state index contributed by atoms with van der Waals surface area (Å²) >= 11 is 0. The van der Waals surface area contributed by atoms with Gasteiger partial charge in [0, 0.05) is 49.6 Å². The summed E-state index contributed by atoms with van der Waals surface area (Å²) in [5, 5.41) is 5.01. The largest absolute Gasteiger partial charge is 0.309 e. The van der Waals surface area contributed by atoms with Crippen LogP contribution in [0.25, 0.3) is 111 Å². The predicted molar refractivity (Wildman–Crippen MR) is 277 cm³/mol. The highest BCUT2D eigenvalue weighted by molar-refractivity contribution is 6.12. The molecule has 0 saturated carbocycles. The number of rotatable bonds is 7. The van der Waals surface area contributed by atoms with Crippen LogP contribution >= 0.6 is 0 Å². The van der Waals surface area contributed by atoms with Crippen LogP contribution in [0.15, 0.2) is 206 Å². The molecule has 3 aromatic heterocycles. The fourth-order valence-corrected chi connectivity index (χ4v) is 10.2. The van der Waals surface area contributed by atoms with Crippen molar-refractivity contribution in [2.45, 2.75) is 27.7 Å². The Morgan fingerprint density at radius 1 is 0.288 bits per heavy atom. The summed E-state index contributed by atoms with van der Waals surface area (Å²) in [7, 11) is 0. The van der Waals surface area contributed by atoms with Gasteiger partial charge in [0.05, 0.1) is 33.5 Å². The molecule has 4 nitrogen and oxygen atoms in total. The van der Waals surface area contributed by atoms with Gasteiger partial charge in [0.15, 0.2) is 5.82 Å². The zero-order valence-electron chi connectivity index (χ0n) is 37.4. The summed E-state index contributed by atoms with van der Waals surface area (Å²) in [5.74, 6) is 0.744. The lowest BCUT2D eigenvalue weighted by molar-refractivity contribution is 1.16. The monoisotopic (exact) mass is 846 g/mol. The standard InChI is InChI=1S/C62H46N4/c1-39-15-5-7-17-48(39)56-38-57(64-62(63-56)49-18-8-6-16-40(49)2)54-36-41(3)53(35-42(54)4)45-27-25-43(26-28-45)44-29-31-46(32-30-44)65-60-24-14-11-21-52(60)55-37-47(33-34-61(55)65)66-58-22-12-9-19-50(58)51-20-10-13-23-59(51)66/h5-38H,1-4H3. The number of nitrogens with zero attached hydrogens (tertiary/aromatic N) is 4. The summed E-state index contributed by atoms with van der Waals surface area (Å²) in [6.45, 7) is 8.67. The van der Waals surface area contributed by atoms with E-state index in [0.29, 0.717) is 0 Å². The molecule has 66 heavy (non-hydrogen) atoms. The molecule has 0 atom stereocenters. The van der Waals surface area contributed by atoms with Crippen LogP contribution in [0.5, 0.6) is 0 Å². The van der Waals surface area contributed by atoms with E-state index < -0.39 is 0 Å². The number of hydrogen-bond donors (Lipinski definition) is 0. The normalized spacial score (nSPS) is 11.6. The van der Waals surface area contributed by atoms with Crippen molar-refractivity contribution < 1.29 is 0 Å². The smallest absolute Gasteiger partial charge is 0.160 e. The fourth-order valence-electron chi connectivity index (χ4n) is 10.2. The Kier molecular flexibility index (Phi) is 9.35. The third kappa shape index (κ3) is 6.52. The van der Waals surface area contributed by atoms with Crippen molar-refractivity contribution in [3.05, 3.63) is 229 Å². The third-order valence-electron chi connectivity index (χ3n) is 13.5. The highest BCUT2D eigenvalue weighted by Gasteiger charge is 2.18. The highest BCUT2D eigenvalue weighted by Crippen LogP contribution is 2.39. The molecular weight excluding hydrogens is 801 g/mol. The Balaban J connectivity index is 0.862. The van der Waals surface area contributed by atoms with Crippen LogP contribution in [0.3, 0.4) is 0 Å². The molecule has 0 amide bonds. The first-order chi connectivity index (χ1) is 32.4. The second-order valence-corrected chi connectivity index (χ2v) is 17.6. The van der Waals surface area contributed by atoms with E-state index in [4.69, 9.17) is 9.97 Å². The number of benzene rings is 9. The minimum Gasteiger partial charge on any atom is -0.309 e. The van der Waals surface area contributed by atoms with E-state index >= 15 is 0 Å². The van der Waals surface area contributed by atoms with Gasteiger partial charge in [-0.2, -0.15) is 0 Å². The van der Waals surface area contributed by atoms with Crippen LogP contribution in [-0.2, 0) is 0 Å². The molecule has 3 heterocycles. The first-order valence-electron chi connectivity index (χ1n) is 22.7. The number of hydrogen-bond acceptors (Lipinski definition) is 2. The minimum absolute atomic E-state index is 0.744. The lowest BCUT2D eigenvalue weighted by Gasteiger charge is -2.16.